The molecule has 25 heavy (non-hydrogen) atoms. The van der Waals surface area contributed by atoms with E-state index in [-0.39, 0.29) is 0 Å². The first kappa shape index (κ1) is 25.1. The Morgan fingerprint density at radius 2 is 0.840 bits per heavy atom. The molecule has 0 unspecified atom stereocenters. The van der Waals surface area contributed by atoms with Crippen LogP contribution in [0.15, 0.2) is 0 Å². The second-order valence-corrected chi connectivity index (χ2v) is 8.87. The van der Waals surface area contributed by atoms with E-state index in [1.807, 2.05) is 0 Å². The summed E-state index contributed by atoms with van der Waals surface area (Å²) < 4.78 is 10.6. The maximum absolute atomic E-state index is 10.6. The van der Waals surface area contributed by atoms with E-state index < -0.39 is 7.75 Å². The number of nitrogens with one attached hydrogen (secondary N) is 1. The Labute approximate surface area is 156 Å². The zero-order chi connectivity index (χ0) is 18.6. The lowest BCUT2D eigenvalue weighted by Gasteiger charge is -2.06. The lowest BCUT2D eigenvalue weighted by atomic mass is 10.0. The molecule has 0 aliphatic rings. The van der Waals surface area contributed by atoms with Crippen molar-refractivity contribution >= 4 is 7.75 Å². The molecule has 3 N–H and O–H groups in total. The highest BCUT2D eigenvalue weighted by Gasteiger charge is 2.09. The molecule has 0 aliphatic heterocycles. The molecule has 0 aromatic carbocycles. The summed E-state index contributed by atoms with van der Waals surface area (Å²) in [5, 5.41) is 2.24. The predicted octanol–water partition coefficient (Wildman–Crippen LogP) is 6.71. The van der Waals surface area contributed by atoms with Crippen molar-refractivity contribution in [2.45, 2.75) is 122 Å². The molecule has 0 fully saturated rings. The van der Waals surface area contributed by atoms with Gasteiger partial charge in [0.05, 0.1) is 0 Å². The molecule has 4 nitrogen and oxygen atoms in total. The fourth-order valence-electron chi connectivity index (χ4n) is 3.25. The van der Waals surface area contributed by atoms with Crippen LogP contribution in [0.2, 0.25) is 0 Å². The molecule has 0 aromatic rings. The molecule has 0 aromatic heterocycles. The van der Waals surface area contributed by atoms with Crippen molar-refractivity contribution in [3.05, 3.63) is 0 Å². The van der Waals surface area contributed by atoms with Crippen molar-refractivity contribution in [2.75, 3.05) is 6.54 Å². The smallest absolute Gasteiger partial charge is 0.313 e. The van der Waals surface area contributed by atoms with E-state index in [4.69, 9.17) is 9.79 Å². The van der Waals surface area contributed by atoms with Crippen LogP contribution in [0.4, 0.5) is 0 Å². The van der Waals surface area contributed by atoms with Crippen molar-refractivity contribution in [3.8, 4) is 0 Å². The quantitative estimate of drug-likeness (QED) is 0.163. The van der Waals surface area contributed by atoms with Crippen LogP contribution in [-0.2, 0) is 4.57 Å². The molecule has 0 saturated carbocycles. The number of unbranched alkanes of at least 4 members (excludes halogenated alkanes) is 17. The van der Waals surface area contributed by atoms with Gasteiger partial charge < -0.3 is 9.79 Å². The van der Waals surface area contributed by atoms with Gasteiger partial charge in [-0.15, -0.1) is 0 Å². The molecular formula is C20H44NO3P. The van der Waals surface area contributed by atoms with Crippen molar-refractivity contribution in [3.63, 3.8) is 0 Å². The molecule has 0 aliphatic carbocycles. The molecule has 0 spiro atoms. The average molecular weight is 378 g/mol. The maximum atomic E-state index is 10.6. The third-order valence-electron chi connectivity index (χ3n) is 4.85. The molecule has 0 atom stereocenters. The number of hydrogen-bond donors (Lipinski definition) is 3. The highest BCUT2D eigenvalue weighted by atomic mass is 31.2. The Hall–Kier alpha value is 0.110. The molecule has 0 radical (unpaired) electrons. The van der Waals surface area contributed by atoms with E-state index in [2.05, 4.69) is 12.0 Å². The van der Waals surface area contributed by atoms with Gasteiger partial charge in [0.2, 0.25) is 0 Å². The topological polar surface area (TPSA) is 69.6 Å². The largest absolute Gasteiger partial charge is 0.400 e. The van der Waals surface area contributed by atoms with Crippen molar-refractivity contribution in [1.82, 2.24) is 5.09 Å². The van der Waals surface area contributed by atoms with E-state index in [0.29, 0.717) is 6.54 Å². The van der Waals surface area contributed by atoms with Crippen LogP contribution >= 0.6 is 7.75 Å². The standard InChI is InChI=1S/C20H44NO3P/c1-2-3-4-5-6-7-8-9-10-11-12-13-14-15-16-17-18-19-20-21-25(22,23)24/h2-20H2,1H3,(H3,21,22,23,24). The molecule has 152 valence electrons. The Balaban J connectivity index is 3.02. The van der Waals surface area contributed by atoms with E-state index in [1.54, 1.807) is 0 Å². The van der Waals surface area contributed by atoms with Crippen molar-refractivity contribution in [1.29, 1.82) is 0 Å². The van der Waals surface area contributed by atoms with Crippen LogP contribution in [0, 0.1) is 0 Å². The Morgan fingerprint density at radius 3 is 1.12 bits per heavy atom. The first-order valence-electron chi connectivity index (χ1n) is 10.9. The van der Waals surface area contributed by atoms with Gasteiger partial charge in [0, 0.05) is 6.54 Å². The van der Waals surface area contributed by atoms with E-state index in [0.717, 1.165) is 12.8 Å². The minimum Gasteiger partial charge on any atom is -0.313 e. The van der Waals surface area contributed by atoms with Crippen molar-refractivity contribution in [2.24, 2.45) is 0 Å². The summed E-state index contributed by atoms with van der Waals surface area (Å²) in [6.07, 6.45) is 24.0. The molecule has 0 saturated heterocycles. The molecule has 0 bridgehead atoms. The summed E-state index contributed by atoms with van der Waals surface area (Å²) in [6, 6.07) is 0. The Kier molecular flexibility index (Phi) is 19.0. The fraction of sp³-hybridized carbons (Fsp3) is 1.00. The van der Waals surface area contributed by atoms with Crippen LogP contribution in [0.25, 0.3) is 0 Å². The summed E-state index contributed by atoms with van der Waals surface area (Å²) in [4.78, 5) is 17.3. The SMILES string of the molecule is CCCCCCCCCCCCCCCCCCCCNP(=O)(O)O. The van der Waals surface area contributed by atoms with Gasteiger partial charge in [-0.2, -0.15) is 0 Å². The third-order valence-corrected chi connectivity index (χ3v) is 5.48. The van der Waals surface area contributed by atoms with Crippen LogP contribution in [-0.4, -0.2) is 16.3 Å². The van der Waals surface area contributed by atoms with Gasteiger partial charge in [-0.25, -0.2) is 9.65 Å². The van der Waals surface area contributed by atoms with Gasteiger partial charge in [-0.3, -0.25) is 0 Å². The second-order valence-electron chi connectivity index (χ2n) is 7.46. The zero-order valence-electron chi connectivity index (χ0n) is 16.7. The normalized spacial score (nSPS) is 12.0. The first-order chi connectivity index (χ1) is 12.1. The lowest BCUT2D eigenvalue weighted by Crippen LogP contribution is -2.10. The summed E-state index contributed by atoms with van der Waals surface area (Å²) in [7, 11) is -4.01. The number of rotatable bonds is 20. The molecular weight excluding hydrogens is 333 g/mol. The van der Waals surface area contributed by atoms with Gasteiger partial charge in [0.1, 0.15) is 0 Å². The second kappa shape index (κ2) is 18.9. The minimum absolute atomic E-state index is 0.420. The van der Waals surface area contributed by atoms with Gasteiger partial charge in [-0.1, -0.05) is 116 Å². The minimum atomic E-state index is -4.01. The first-order valence-corrected chi connectivity index (χ1v) is 12.5. The van der Waals surface area contributed by atoms with E-state index in [1.165, 1.54) is 103 Å². The van der Waals surface area contributed by atoms with Crippen LogP contribution < -0.4 is 5.09 Å². The summed E-state index contributed by atoms with van der Waals surface area (Å²) in [5.74, 6) is 0. The Morgan fingerprint density at radius 1 is 0.560 bits per heavy atom. The molecule has 0 rings (SSSR count). The van der Waals surface area contributed by atoms with Crippen molar-refractivity contribution < 1.29 is 14.4 Å². The van der Waals surface area contributed by atoms with Crippen LogP contribution in [0.1, 0.15) is 122 Å². The zero-order valence-corrected chi connectivity index (χ0v) is 17.6. The highest BCUT2D eigenvalue weighted by Crippen LogP contribution is 2.27. The van der Waals surface area contributed by atoms with Gasteiger partial charge in [-0.05, 0) is 6.42 Å². The van der Waals surface area contributed by atoms with E-state index >= 15 is 0 Å². The van der Waals surface area contributed by atoms with Gasteiger partial charge in [0.25, 0.3) is 0 Å². The van der Waals surface area contributed by atoms with Gasteiger partial charge >= 0.3 is 7.75 Å². The van der Waals surface area contributed by atoms with E-state index in [9.17, 15) is 4.57 Å². The molecule has 0 amide bonds. The summed E-state index contributed by atoms with van der Waals surface area (Å²) in [5.41, 5.74) is 0. The summed E-state index contributed by atoms with van der Waals surface area (Å²) in [6.45, 7) is 2.69. The average Bonchev–Trinajstić information content (AvgIpc) is 2.56. The number of hydrogen-bond acceptors (Lipinski definition) is 1. The lowest BCUT2D eigenvalue weighted by molar-refractivity contribution is 0.356. The Bertz CT molecular complexity index is 307. The fourth-order valence-corrected chi connectivity index (χ4v) is 3.70. The third kappa shape index (κ3) is 24.1. The monoisotopic (exact) mass is 377 g/mol. The highest BCUT2D eigenvalue weighted by molar-refractivity contribution is 7.49. The molecule has 5 heteroatoms. The van der Waals surface area contributed by atoms with Gasteiger partial charge in [0.15, 0.2) is 0 Å². The molecule has 0 heterocycles. The predicted molar refractivity (Wildman–Crippen MR) is 109 cm³/mol. The van der Waals surface area contributed by atoms with Crippen LogP contribution in [0.5, 0.6) is 0 Å². The summed E-state index contributed by atoms with van der Waals surface area (Å²) >= 11 is 0. The van der Waals surface area contributed by atoms with Crippen LogP contribution in [0.3, 0.4) is 0 Å². The maximum Gasteiger partial charge on any atom is 0.400 e.